The number of aromatic nitrogens is 1. The van der Waals surface area contributed by atoms with Crippen molar-refractivity contribution >= 4 is 29.3 Å². The molecule has 1 aromatic heterocycles. The zero-order valence-electron chi connectivity index (χ0n) is 20.8. The average Bonchev–Trinajstić information content (AvgIpc) is 3.65. The average molecular weight is 508 g/mol. The Balaban J connectivity index is 1.32. The molecule has 0 N–H and O–H groups in total. The molecule has 5 nitrogen and oxygen atoms in total. The molecule has 37 heavy (non-hydrogen) atoms. The number of thioether (sulfide) groups is 1. The van der Waals surface area contributed by atoms with Gasteiger partial charge in [0, 0.05) is 17.1 Å². The largest absolute Gasteiger partial charge is 0.330 e. The van der Waals surface area contributed by atoms with Gasteiger partial charge in [-0.25, -0.2) is 0 Å². The fraction of sp³-hybridized carbons (Fsp3) is 0.226. The number of rotatable bonds is 7. The second kappa shape index (κ2) is 9.94. The quantitative estimate of drug-likeness (QED) is 0.288. The summed E-state index contributed by atoms with van der Waals surface area (Å²) in [6.07, 6.45) is 3.96. The molecular formula is C31H29N3O2S. The van der Waals surface area contributed by atoms with Crippen molar-refractivity contribution in [1.82, 2.24) is 9.47 Å². The van der Waals surface area contributed by atoms with Crippen LogP contribution in [-0.4, -0.2) is 39.6 Å². The van der Waals surface area contributed by atoms with Gasteiger partial charge in [0.2, 0.25) is 11.8 Å². The van der Waals surface area contributed by atoms with Crippen LogP contribution < -0.4 is 4.90 Å². The van der Waals surface area contributed by atoms with E-state index in [-0.39, 0.29) is 30.4 Å². The number of para-hydroxylation sites is 2. The summed E-state index contributed by atoms with van der Waals surface area (Å²) >= 11 is 1.52. The fourth-order valence-electron chi connectivity index (χ4n) is 5.10. The van der Waals surface area contributed by atoms with E-state index in [1.807, 2.05) is 65.6 Å². The van der Waals surface area contributed by atoms with E-state index in [1.165, 1.54) is 17.3 Å². The van der Waals surface area contributed by atoms with Crippen molar-refractivity contribution < 1.29 is 9.59 Å². The first-order valence-electron chi connectivity index (χ1n) is 12.7. The Bertz CT molecular complexity index is 1430. The molecule has 3 aromatic carbocycles. The fourth-order valence-corrected chi connectivity index (χ4v) is 5.91. The highest BCUT2D eigenvalue weighted by atomic mass is 32.2. The molecule has 1 unspecified atom stereocenters. The van der Waals surface area contributed by atoms with Crippen LogP contribution in [0, 0.1) is 6.92 Å². The summed E-state index contributed by atoms with van der Waals surface area (Å²) in [6.45, 7) is 2.15. The Labute approximate surface area is 221 Å². The van der Waals surface area contributed by atoms with Crippen molar-refractivity contribution in [3.8, 4) is 5.69 Å². The molecule has 186 valence electrons. The third-order valence-corrected chi connectivity index (χ3v) is 8.10. The number of benzene rings is 3. The summed E-state index contributed by atoms with van der Waals surface area (Å²) in [7, 11) is 0. The van der Waals surface area contributed by atoms with Gasteiger partial charge in [-0.15, -0.1) is 11.8 Å². The standard InChI is InChI=1S/C31H29N3O2S/c1-22-13-15-23(16-14-22)31-28-12-7-19-32(28)26-10-5-6-11-27(26)34(31)29(35)20-33(24-17-18-24)30(36)21-37-25-8-3-2-4-9-25/h2-16,19,24,31H,17-18,20-21H2,1H3. The molecule has 2 amide bonds. The molecule has 1 saturated carbocycles. The number of hydrogen-bond donors (Lipinski definition) is 0. The van der Waals surface area contributed by atoms with Gasteiger partial charge in [0.15, 0.2) is 0 Å². The Kier molecular flexibility index (Phi) is 6.35. The van der Waals surface area contributed by atoms with Crippen LogP contribution in [0.1, 0.15) is 35.7 Å². The van der Waals surface area contributed by atoms with Crippen LogP contribution in [0.15, 0.2) is 102 Å². The first-order valence-corrected chi connectivity index (χ1v) is 13.7. The third-order valence-electron chi connectivity index (χ3n) is 7.10. The van der Waals surface area contributed by atoms with Crippen molar-refractivity contribution in [3.05, 3.63) is 114 Å². The molecular weight excluding hydrogens is 478 g/mol. The summed E-state index contributed by atoms with van der Waals surface area (Å²) in [5.74, 6) is 0.287. The Morgan fingerprint density at radius 1 is 0.865 bits per heavy atom. The summed E-state index contributed by atoms with van der Waals surface area (Å²) in [6, 6.07) is 30.3. The molecule has 1 aliphatic heterocycles. The van der Waals surface area contributed by atoms with E-state index >= 15 is 0 Å². The van der Waals surface area contributed by atoms with Gasteiger partial charge < -0.3 is 9.47 Å². The molecule has 0 spiro atoms. The van der Waals surface area contributed by atoms with Crippen molar-refractivity contribution in [3.63, 3.8) is 0 Å². The summed E-state index contributed by atoms with van der Waals surface area (Å²) in [4.78, 5) is 32.3. The van der Waals surface area contributed by atoms with Gasteiger partial charge >= 0.3 is 0 Å². The lowest BCUT2D eigenvalue weighted by atomic mass is 9.97. The first kappa shape index (κ1) is 23.6. The van der Waals surface area contributed by atoms with Gasteiger partial charge in [-0.3, -0.25) is 14.5 Å². The minimum absolute atomic E-state index is 0.0188. The lowest BCUT2D eigenvalue weighted by molar-refractivity contribution is -0.133. The Morgan fingerprint density at radius 2 is 1.57 bits per heavy atom. The number of carbonyl (C=O) groups excluding carboxylic acids is 2. The van der Waals surface area contributed by atoms with Crippen LogP contribution in [0.2, 0.25) is 0 Å². The van der Waals surface area contributed by atoms with Crippen molar-refractivity contribution in [2.75, 3.05) is 17.2 Å². The summed E-state index contributed by atoms with van der Waals surface area (Å²) < 4.78 is 2.17. The van der Waals surface area contributed by atoms with E-state index in [0.29, 0.717) is 5.75 Å². The molecule has 2 heterocycles. The van der Waals surface area contributed by atoms with E-state index in [1.54, 1.807) is 4.90 Å². The number of anilines is 1. The number of nitrogens with zero attached hydrogens (tertiary/aromatic N) is 3. The molecule has 6 heteroatoms. The number of fused-ring (bicyclic) bond motifs is 3. The maximum absolute atomic E-state index is 14.2. The van der Waals surface area contributed by atoms with Gasteiger partial charge in [0.1, 0.15) is 12.6 Å². The minimum Gasteiger partial charge on any atom is -0.330 e. The van der Waals surface area contributed by atoms with Crippen LogP contribution in [0.5, 0.6) is 0 Å². The smallest absolute Gasteiger partial charge is 0.247 e. The minimum atomic E-state index is -0.271. The highest BCUT2D eigenvalue weighted by Crippen LogP contribution is 2.42. The summed E-state index contributed by atoms with van der Waals surface area (Å²) in [5, 5.41) is 0. The van der Waals surface area contributed by atoms with E-state index in [2.05, 4.69) is 48.0 Å². The molecule has 1 fully saturated rings. The van der Waals surface area contributed by atoms with Crippen LogP contribution in [0.25, 0.3) is 5.69 Å². The van der Waals surface area contributed by atoms with Gasteiger partial charge in [0.25, 0.3) is 0 Å². The number of aryl methyl sites for hydroxylation is 1. The highest BCUT2D eigenvalue weighted by Gasteiger charge is 2.39. The first-order chi connectivity index (χ1) is 18.1. The molecule has 1 aliphatic carbocycles. The van der Waals surface area contributed by atoms with Crippen molar-refractivity contribution in [1.29, 1.82) is 0 Å². The number of hydrogen-bond acceptors (Lipinski definition) is 3. The second-order valence-electron chi connectivity index (χ2n) is 9.72. The van der Waals surface area contributed by atoms with Crippen molar-refractivity contribution in [2.45, 2.75) is 36.7 Å². The Morgan fingerprint density at radius 3 is 2.30 bits per heavy atom. The van der Waals surface area contributed by atoms with Crippen LogP contribution in [0.3, 0.4) is 0 Å². The SMILES string of the molecule is Cc1ccc(C2c3cccn3-c3ccccc3N2C(=O)CN(C(=O)CSc2ccccc2)C2CC2)cc1. The molecule has 0 bridgehead atoms. The van der Waals surface area contributed by atoms with Gasteiger partial charge in [0.05, 0.1) is 22.8 Å². The lowest BCUT2D eigenvalue weighted by Crippen LogP contribution is -2.47. The van der Waals surface area contributed by atoms with Crippen LogP contribution >= 0.6 is 11.8 Å². The Hall–Kier alpha value is -3.77. The van der Waals surface area contributed by atoms with Crippen LogP contribution in [-0.2, 0) is 9.59 Å². The monoisotopic (exact) mass is 507 g/mol. The third kappa shape index (κ3) is 4.69. The molecule has 1 atom stereocenters. The highest BCUT2D eigenvalue weighted by molar-refractivity contribution is 8.00. The van der Waals surface area contributed by atoms with E-state index in [0.717, 1.165) is 40.4 Å². The zero-order valence-corrected chi connectivity index (χ0v) is 21.6. The number of carbonyl (C=O) groups is 2. The summed E-state index contributed by atoms with van der Waals surface area (Å²) in [5.41, 5.74) is 5.11. The van der Waals surface area contributed by atoms with Crippen LogP contribution in [0.4, 0.5) is 5.69 Å². The zero-order chi connectivity index (χ0) is 25.4. The van der Waals surface area contributed by atoms with Gasteiger partial charge in [-0.2, -0.15) is 0 Å². The predicted octanol–water partition coefficient (Wildman–Crippen LogP) is 6.01. The molecule has 0 saturated heterocycles. The molecule has 0 radical (unpaired) electrons. The molecule has 4 aromatic rings. The van der Waals surface area contributed by atoms with E-state index < -0.39 is 0 Å². The lowest BCUT2D eigenvalue weighted by Gasteiger charge is -2.39. The van der Waals surface area contributed by atoms with Gasteiger partial charge in [-0.1, -0.05) is 60.2 Å². The molecule has 2 aliphatic rings. The topological polar surface area (TPSA) is 45.6 Å². The van der Waals surface area contributed by atoms with E-state index in [4.69, 9.17) is 0 Å². The maximum atomic E-state index is 14.2. The normalized spacial score (nSPS) is 16.1. The predicted molar refractivity (Wildman–Crippen MR) is 148 cm³/mol. The second-order valence-corrected chi connectivity index (χ2v) is 10.8. The maximum Gasteiger partial charge on any atom is 0.247 e. The molecule has 6 rings (SSSR count). The van der Waals surface area contributed by atoms with Gasteiger partial charge in [-0.05, 0) is 61.7 Å². The van der Waals surface area contributed by atoms with Crippen molar-refractivity contribution in [2.24, 2.45) is 0 Å². The van der Waals surface area contributed by atoms with E-state index in [9.17, 15) is 9.59 Å². The number of amides is 2.